The summed E-state index contributed by atoms with van der Waals surface area (Å²) in [7, 11) is 0. The molecule has 1 fully saturated rings. The van der Waals surface area contributed by atoms with Gasteiger partial charge < -0.3 is 15.8 Å². The van der Waals surface area contributed by atoms with E-state index in [1.807, 2.05) is 60.3 Å². The third kappa shape index (κ3) is 5.87. The molecule has 1 saturated heterocycles. The average molecular weight is 371 g/mol. The van der Waals surface area contributed by atoms with Gasteiger partial charge in [-0.05, 0) is 42.5 Å². The molecule has 0 spiro atoms. The number of ether oxygens (including phenoxy) is 1. The van der Waals surface area contributed by atoms with Gasteiger partial charge in [0.25, 0.3) is 0 Å². The van der Waals surface area contributed by atoms with Crippen LogP contribution in [0, 0.1) is 0 Å². The minimum absolute atomic E-state index is 0.150. The Balaban J connectivity index is 1.51. The first-order valence-electron chi connectivity index (χ1n) is 9.09. The molecule has 0 aliphatic carbocycles. The van der Waals surface area contributed by atoms with E-state index in [-0.39, 0.29) is 5.91 Å². The van der Waals surface area contributed by atoms with Gasteiger partial charge in [0.2, 0.25) is 5.91 Å². The number of carbonyl (C=O) groups excluding carboxylic acids is 1. The third-order valence-corrected chi connectivity index (χ3v) is 5.93. The molecular weight excluding hydrogens is 344 g/mol. The summed E-state index contributed by atoms with van der Waals surface area (Å²) in [6.07, 6.45) is 2.77. The van der Waals surface area contributed by atoms with E-state index in [0.29, 0.717) is 11.7 Å². The van der Waals surface area contributed by atoms with Crippen LogP contribution in [0.1, 0.15) is 24.0 Å². The molecule has 3 N–H and O–H groups in total. The van der Waals surface area contributed by atoms with Crippen molar-refractivity contribution in [3.05, 3.63) is 65.7 Å². The molecule has 1 heterocycles. The van der Waals surface area contributed by atoms with Crippen LogP contribution in [0.4, 0.5) is 5.69 Å². The van der Waals surface area contributed by atoms with E-state index in [1.165, 1.54) is 5.56 Å². The highest BCUT2D eigenvalue weighted by molar-refractivity contribution is 7.99. The molecule has 0 unspecified atom stereocenters. The summed E-state index contributed by atoms with van der Waals surface area (Å²) in [6, 6.07) is 17.3. The van der Waals surface area contributed by atoms with Crippen molar-refractivity contribution in [1.82, 2.24) is 0 Å². The zero-order valence-corrected chi connectivity index (χ0v) is 15.7. The van der Waals surface area contributed by atoms with E-state index in [1.54, 1.807) is 0 Å². The number of hydrogen-bond acceptors (Lipinski definition) is 4. The van der Waals surface area contributed by atoms with E-state index in [2.05, 4.69) is 11.4 Å². The molecular formula is C21H26N2O2S. The van der Waals surface area contributed by atoms with E-state index < -0.39 is 6.04 Å². The lowest BCUT2D eigenvalue weighted by Gasteiger charge is -2.21. The number of anilines is 1. The number of rotatable bonds is 7. The minimum atomic E-state index is -0.558. The highest BCUT2D eigenvalue weighted by atomic mass is 32.2. The molecule has 1 aliphatic rings. The summed E-state index contributed by atoms with van der Waals surface area (Å²) in [5.41, 5.74) is 9.16. The Morgan fingerprint density at radius 2 is 1.85 bits per heavy atom. The van der Waals surface area contributed by atoms with Crippen LogP contribution >= 0.6 is 11.8 Å². The fourth-order valence-electron chi connectivity index (χ4n) is 2.99. The first kappa shape index (κ1) is 19.0. The van der Waals surface area contributed by atoms with Gasteiger partial charge in [-0.15, -0.1) is 0 Å². The van der Waals surface area contributed by atoms with Gasteiger partial charge in [-0.1, -0.05) is 42.5 Å². The Morgan fingerprint density at radius 3 is 2.62 bits per heavy atom. The molecule has 5 heteroatoms. The van der Waals surface area contributed by atoms with Crippen LogP contribution in [0.3, 0.4) is 0 Å². The second-order valence-corrected chi connectivity index (χ2v) is 7.90. The van der Waals surface area contributed by atoms with Crippen molar-refractivity contribution in [1.29, 1.82) is 0 Å². The highest BCUT2D eigenvalue weighted by Gasteiger charge is 2.16. The lowest BCUT2D eigenvalue weighted by atomic mass is 10.1. The number of benzene rings is 2. The lowest BCUT2D eigenvalue weighted by Crippen LogP contribution is -2.37. The zero-order chi connectivity index (χ0) is 18.2. The van der Waals surface area contributed by atoms with Crippen molar-refractivity contribution in [3.8, 4) is 0 Å². The SMILES string of the molecule is N[C@@H](Cc1ccccc1)C(=O)Nc1cccc(CSC2CCOCC2)c1. The molecule has 26 heavy (non-hydrogen) atoms. The standard InChI is InChI=1S/C21H26N2O2S/c22-20(14-16-5-2-1-3-6-16)21(24)23-18-8-4-7-17(13-18)15-26-19-9-11-25-12-10-19/h1-8,13,19-20H,9-12,14-15,22H2,(H,23,24)/t20-/m0/s1. The summed E-state index contributed by atoms with van der Waals surface area (Å²) < 4.78 is 5.41. The largest absolute Gasteiger partial charge is 0.381 e. The Bertz CT molecular complexity index is 702. The Labute approximate surface area is 159 Å². The fourth-order valence-corrected chi connectivity index (χ4v) is 4.12. The van der Waals surface area contributed by atoms with Crippen LogP contribution in [0.5, 0.6) is 0 Å². The van der Waals surface area contributed by atoms with Crippen molar-refractivity contribution >= 4 is 23.4 Å². The van der Waals surface area contributed by atoms with Crippen LogP contribution in [0.25, 0.3) is 0 Å². The van der Waals surface area contributed by atoms with Gasteiger partial charge in [0.1, 0.15) is 0 Å². The Hall–Kier alpha value is -1.82. The lowest BCUT2D eigenvalue weighted by molar-refractivity contribution is -0.117. The maximum absolute atomic E-state index is 12.4. The second-order valence-electron chi connectivity index (χ2n) is 6.61. The van der Waals surface area contributed by atoms with Crippen LogP contribution in [0.2, 0.25) is 0 Å². The molecule has 3 rings (SSSR count). The van der Waals surface area contributed by atoms with Gasteiger partial charge in [-0.25, -0.2) is 0 Å². The van der Waals surface area contributed by atoms with E-state index in [4.69, 9.17) is 10.5 Å². The van der Waals surface area contributed by atoms with Crippen molar-refractivity contribution in [2.24, 2.45) is 5.73 Å². The maximum Gasteiger partial charge on any atom is 0.241 e. The summed E-state index contributed by atoms with van der Waals surface area (Å²) in [5, 5.41) is 3.61. The van der Waals surface area contributed by atoms with Crippen molar-refractivity contribution in [2.45, 2.75) is 36.3 Å². The van der Waals surface area contributed by atoms with Gasteiger partial charge >= 0.3 is 0 Å². The normalized spacial score (nSPS) is 16.2. The van der Waals surface area contributed by atoms with Crippen LogP contribution in [-0.2, 0) is 21.7 Å². The first-order chi connectivity index (χ1) is 12.7. The average Bonchev–Trinajstić information content (AvgIpc) is 2.68. The molecule has 138 valence electrons. The molecule has 1 aliphatic heterocycles. The predicted molar refractivity (Wildman–Crippen MR) is 108 cm³/mol. The molecule has 0 bridgehead atoms. The van der Waals surface area contributed by atoms with Crippen molar-refractivity contribution in [3.63, 3.8) is 0 Å². The van der Waals surface area contributed by atoms with Gasteiger partial charge in [0.15, 0.2) is 0 Å². The van der Waals surface area contributed by atoms with Crippen molar-refractivity contribution in [2.75, 3.05) is 18.5 Å². The molecule has 4 nitrogen and oxygen atoms in total. The van der Waals surface area contributed by atoms with Gasteiger partial charge in [0.05, 0.1) is 6.04 Å². The molecule has 0 saturated carbocycles. The van der Waals surface area contributed by atoms with E-state index in [9.17, 15) is 4.79 Å². The van der Waals surface area contributed by atoms with Crippen LogP contribution < -0.4 is 11.1 Å². The Kier molecular flexibility index (Phi) is 7.12. The number of nitrogens with two attached hydrogens (primary N) is 1. The summed E-state index contributed by atoms with van der Waals surface area (Å²) in [6.45, 7) is 1.74. The van der Waals surface area contributed by atoms with Crippen molar-refractivity contribution < 1.29 is 9.53 Å². The summed E-state index contributed by atoms with van der Waals surface area (Å²) in [5.74, 6) is 0.799. The number of carbonyl (C=O) groups is 1. The number of nitrogens with one attached hydrogen (secondary N) is 1. The smallest absolute Gasteiger partial charge is 0.241 e. The summed E-state index contributed by atoms with van der Waals surface area (Å²) in [4.78, 5) is 12.4. The maximum atomic E-state index is 12.4. The Morgan fingerprint density at radius 1 is 1.12 bits per heavy atom. The van der Waals surface area contributed by atoms with E-state index >= 15 is 0 Å². The zero-order valence-electron chi connectivity index (χ0n) is 14.9. The topological polar surface area (TPSA) is 64.4 Å². The molecule has 2 aromatic carbocycles. The minimum Gasteiger partial charge on any atom is -0.381 e. The monoisotopic (exact) mass is 370 g/mol. The van der Waals surface area contributed by atoms with Crippen LogP contribution in [-0.4, -0.2) is 30.4 Å². The molecule has 0 aromatic heterocycles. The number of amides is 1. The molecule has 1 amide bonds. The first-order valence-corrected chi connectivity index (χ1v) is 10.1. The van der Waals surface area contributed by atoms with E-state index in [0.717, 1.165) is 43.1 Å². The fraction of sp³-hybridized carbons (Fsp3) is 0.381. The molecule has 0 radical (unpaired) electrons. The van der Waals surface area contributed by atoms with Gasteiger partial charge in [-0.3, -0.25) is 4.79 Å². The van der Waals surface area contributed by atoms with Gasteiger partial charge in [0, 0.05) is 29.9 Å². The summed E-state index contributed by atoms with van der Waals surface area (Å²) >= 11 is 1.97. The highest BCUT2D eigenvalue weighted by Crippen LogP contribution is 2.26. The van der Waals surface area contributed by atoms with Gasteiger partial charge in [-0.2, -0.15) is 11.8 Å². The predicted octanol–water partition coefficient (Wildman–Crippen LogP) is 3.61. The third-order valence-electron chi connectivity index (χ3n) is 4.48. The number of hydrogen-bond donors (Lipinski definition) is 2. The second kappa shape index (κ2) is 9.76. The van der Waals surface area contributed by atoms with Crippen LogP contribution in [0.15, 0.2) is 54.6 Å². The molecule has 2 aromatic rings. The quantitative estimate of drug-likeness (QED) is 0.781. The number of thioether (sulfide) groups is 1. The molecule has 1 atom stereocenters.